The molecule has 0 radical (unpaired) electrons. The summed E-state index contributed by atoms with van der Waals surface area (Å²) in [5.74, 6) is 0.238. The van der Waals surface area contributed by atoms with Crippen molar-refractivity contribution in [2.75, 3.05) is 20.2 Å². The van der Waals surface area contributed by atoms with Gasteiger partial charge in [-0.2, -0.15) is 0 Å². The molecule has 1 aliphatic heterocycles. The maximum Gasteiger partial charge on any atom is 0.227 e. The van der Waals surface area contributed by atoms with Crippen LogP contribution >= 0.6 is 12.4 Å². The SMILES string of the molecule is COc1ccc(F)cc1C(C)NC(=O)C1(C)CCCNC1.Cl. The van der Waals surface area contributed by atoms with Gasteiger partial charge in [0.15, 0.2) is 0 Å². The third kappa shape index (κ3) is 4.11. The molecule has 22 heavy (non-hydrogen) atoms. The number of halogens is 2. The second-order valence-electron chi connectivity index (χ2n) is 5.92. The molecule has 4 nitrogen and oxygen atoms in total. The molecule has 1 aromatic rings. The monoisotopic (exact) mass is 330 g/mol. The third-order valence-corrected chi connectivity index (χ3v) is 4.15. The first kappa shape index (κ1) is 18.7. The summed E-state index contributed by atoms with van der Waals surface area (Å²) in [6.07, 6.45) is 1.85. The van der Waals surface area contributed by atoms with Crippen LogP contribution in [0.5, 0.6) is 5.75 Å². The maximum atomic E-state index is 13.4. The zero-order chi connectivity index (χ0) is 15.5. The van der Waals surface area contributed by atoms with Gasteiger partial charge in [0.25, 0.3) is 0 Å². The van der Waals surface area contributed by atoms with Gasteiger partial charge in [-0.05, 0) is 51.4 Å². The van der Waals surface area contributed by atoms with Crippen molar-refractivity contribution < 1.29 is 13.9 Å². The predicted molar refractivity (Wildman–Crippen MR) is 87.0 cm³/mol. The number of amides is 1. The number of rotatable bonds is 4. The van der Waals surface area contributed by atoms with E-state index in [1.807, 2.05) is 13.8 Å². The van der Waals surface area contributed by atoms with Crippen molar-refractivity contribution in [2.45, 2.75) is 32.7 Å². The van der Waals surface area contributed by atoms with Gasteiger partial charge in [-0.1, -0.05) is 0 Å². The molecule has 0 aromatic heterocycles. The maximum absolute atomic E-state index is 13.4. The molecule has 1 heterocycles. The molecule has 124 valence electrons. The first-order chi connectivity index (χ1) is 9.96. The lowest BCUT2D eigenvalue weighted by atomic mass is 9.81. The average molecular weight is 331 g/mol. The van der Waals surface area contributed by atoms with Gasteiger partial charge in [-0.15, -0.1) is 12.4 Å². The zero-order valence-corrected chi connectivity index (χ0v) is 14.1. The van der Waals surface area contributed by atoms with Gasteiger partial charge in [-0.3, -0.25) is 4.79 Å². The summed E-state index contributed by atoms with van der Waals surface area (Å²) in [7, 11) is 1.54. The van der Waals surface area contributed by atoms with E-state index in [0.29, 0.717) is 17.9 Å². The van der Waals surface area contributed by atoms with Crippen molar-refractivity contribution in [2.24, 2.45) is 5.41 Å². The van der Waals surface area contributed by atoms with Gasteiger partial charge < -0.3 is 15.4 Å². The molecule has 1 fully saturated rings. The van der Waals surface area contributed by atoms with Crippen LogP contribution in [0.2, 0.25) is 0 Å². The summed E-state index contributed by atoms with van der Waals surface area (Å²) in [6, 6.07) is 4.04. The standard InChI is InChI=1S/C16H23FN2O2.ClH/c1-11(13-9-12(17)5-6-14(13)21-3)19-15(20)16(2)7-4-8-18-10-16;/h5-6,9,11,18H,4,7-8,10H2,1-3H3,(H,19,20);1H. The van der Waals surface area contributed by atoms with E-state index in [1.54, 1.807) is 6.07 Å². The fourth-order valence-electron chi connectivity index (χ4n) is 2.74. The highest BCUT2D eigenvalue weighted by Crippen LogP contribution is 2.29. The summed E-state index contributed by atoms with van der Waals surface area (Å²) in [4.78, 5) is 12.5. The van der Waals surface area contributed by atoms with Crippen molar-refractivity contribution in [3.63, 3.8) is 0 Å². The molecule has 1 aromatic carbocycles. The molecule has 1 saturated heterocycles. The fraction of sp³-hybridized carbons (Fsp3) is 0.562. The van der Waals surface area contributed by atoms with E-state index in [2.05, 4.69) is 10.6 Å². The largest absolute Gasteiger partial charge is 0.496 e. The topological polar surface area (TPSA) is 50.4 Å². The Morgan fingerprint density at radius 1 is 1.50 bits per heavy atom. The van der Waals surface area contributed by atoms with Crippen molar-refractivity contribution in [1.82, 2.24) is 10.6 Å². The number of methoxy groups -OCH3 is 1. The van der Waals surface area contributed by atoms with E-state index in [-0.39, 0.29) is 30.2 Å². The molecule has 0 spiro atoms. The summed E-state index contributed by atoms with van der Waals surface area (Å²) in [5, 5.41) is 6.24. The highest BCUT2D eigenvalue weighted by molar-refractivity contribution is 5.85. The molecule has 0 saturated carbocycles. The zero-order valence-electron chi connectivity index (χ0n) is 13.2. The smallest absolute Gasteiger partial charge is 0.227 e. The molecule has 2 rings (SSSR count). The lowest BCUT2D eigenvalue weighted by Gasteiger charge is -2.34. The highest BCUT2D eigenvalue weighted by Gasteiger charge is 2.35. The third-order valence-electron chi connectivity index (χ3n) is 4.15. The van der Waals surface area contributed by atoms with E-state index < -0.39 is 5.41 Å². The minimum Gasteiger partial charge on any atom is -0.496 e. The molecule has 2 N–H and O–H groups in total. The first-order valence-corrected chi connectivity index (χ1v) is 7.31. The summed E-state index contributed by atoms with van der Waals surface area (Å²) in [5.41, 5.74) is 0.241. The average Bonchev–Trinajstić information content (AvgIpc) is 2.47. The molecule has 6 heteroatoms. The number of hydrogen-bond donors (Lipinski definition) is 2. The first-order valence-electron chi connectivity index (χ1n) is 7.31. The van der Waals surface area contributed by atoms with Gasteiger partial charge >= 0.3 is 0 Å². The second kappa shape index (κ2) is 7.79. The molecular formula is C16H24ClFN2O2. The lowest BCUT2D eigenvalue weighted by Crippen LogP contribution is -2.49. The molecule has 2 atom stereocenters. The van der Waals surface area contributed by atoms with E-state index in [0.717, 1.165) is 19.4 Å². The molecule has 1 aliphatic rings. The molecule has 1 amide bonds. The van der Waals surface area contributed by atoms with Gasteiger partial charge in [0.2, 0.25) is 5.91 Å². The molecular weight excluding hydrogens is 307 g/mol. The number of benzene rings is 1. The lowest BCUT2D eigenvalue weighted by molar-refractivity contribution is -0.131. The Hall–Kier alpha value is -1.33. The van der Waals surface area contributed by atoms with Gasteiger partial charge in [0.05, 0.1) is 18.6 Å². The van der Waals surface area contributed by atoms with E-state index >= 15 is 0 Å². The number of hydrogen-bond acceptors (Lipinski definition) is 3. The van der Waals surface area contributed by atoms with E-state index in [1.165, 1.54) is 19.2 Å². The van der Waals surface area contributed by atoms with E-state index in [4.69, 9.17) is 4.74 Å². The van der Waals surface area contributed by atoms with Crippen LogP contribution in [0.1, 0.15) is 38.3 Å². The highest BCUT2D eigenvalue weighted by atomic mass is 35.5. The van der Waals surface area contributed by atoms with Crippen molar-refractivity contribution >= 4 is 18.3 Å². The Balaban J connectivity index is 0.00000242. The van der Waals surface area contributed by atoms with Crippen LogP contribution in [-0.4, -0.2) is 26.1 Å². The quantitative estimate of drug-likeness (QED) is 0.892. The van der Waals surface area contributed by atoms with Crippen LogP contribution in [0.4, 0.5) is 4.39 Å². The number of carbonyl (C=O) groups excluding carboxylic acids is 1. The molecule has 2 unspecified atom stereocenters. The van der Waals surface area contributed by atoms with Crippen molar-refractivity contribution in [1.29, 1.82) is 0 Å². The molecule has 0 aliphatic carbocycles. The van der Waals surface area contributed by atoms with Gasteiger partial charge in [0.1, 0.15) is 11.6 Å². The Labute approximate surface area is 137 Å². The fourth-order valence-corrected chi connectivity index (χ4v) is 2.74. The van der Waals surface area contributed by atoms with Crippen LogP contribution < -0.4 is 15.4 Å². The summed E-state index contributed by atoms with van der Waals surface area (Å²) in [6.45, 7) is 5.43. The Morgan fingerprint density at radius 2 is 2.23 bits per heavy atom. The van der Waals surface area contributed by atoms with Gasteiger partial charge in [0, 0.05) is 12.1 Å². The van der Waals surface area contributed by atoms with Gasteiger partial charge in [-0.25, -0.2) is 4.39 Å². The number of nitrogens with one attached hydrogen (secondary N) is 2. The van der Waals surface area contributed by atoms with Crippen molar-refractivity contribution in [3.8, 4) is 5.75 Å². The van der Waals surface area contributed by atoms with E-state index in [9.17, 15) is 9.18 Å². The Bertz CT molecular complexity index is 519. The summed E-state index contributed by atoms with van der Waals surface area (Å²) < 4.78 is 18.7. The van der Waals surface area contributed by atoms with Crippen LogP contribution in [0, 0.1) is 11.2 Å². The second-order valence-corrected chi connectivity index (χ2v) is 5.92. The Kier molecular flexibility index (Phi) is 6.63. The van der Waals surface area contributed by atoms with Crippen LogP contribution in [-0.2, 0) is 4.79 Å². The number of piperidine rings is 1. The molecule has 0 bridgehead atoms. The number of ether oxygens (including phenoxy) is 1. The van der Waals surface area contributed by atoms with Crippen molar-refractivity contribution in [3.05, 3.63) is 29.6 Å². The van der Waals surface area contributed by atoms with Crippen LogP contribution in [0.25, 0.3) is 0 Å². The normalized spacial score (nSPS) is 22.4. The minimum absolute atomic E-state index is 0. The summed E-state index contributed by atoms with van der Waals surface area (Å²) >= 11 is 0. The number of carbonyl (C=O) groups is 1. The predicted octanol–water partition coefficient (Wildman–Crippen LogP) is 2.82. The Morgan fingerprint density at radius 3 is 2.82 bits per heavy atom. The van der Waals surface area contributed by atoms with Crippen LogP contribution in [0.15, 0.2) is 18.2 Å². The minimum atomic E-state index is -0.410. The van der Waals surface area contributed by atoms with Crippen LogP contribution in [0.3, 0.4) is 0 Å².